The van der Waals surface area contributed by atoms with Gasteiger partial charge in [0, 0.05) is 38.4 Å². The zero-order valence-corrected chi connectivity index (χ0v) is 13.8. The lowest BCUT2D eigenvalue weighted by atomic mass is 9.89. The van der Waals surface area contributed by atoms with Crippen molar-refractivity contribution < 1.29 is 9.53 Å². The first-order valence-electron chi connectivity index (χ1n) is 8.13. The van der Waals surface area contributed by atoms with E-state index in [-0.39, 0.29) is 6.09 Å². The largest absolute Gasteiger partial charge is 0.448 e. The molecule has 0 atom stereocenters. The maximum absolute atomic E-state index is 11.4. The van der Waals surface area contributed by atoms with Crippen LogP contribution in [0.15, 0.2) is 24.5 Å². The number of pyridine rings is 1. The minimum Gasteiger partial charge on any atom is -0.448 e. The number of aromatic amines is 1. The molecule has 1 aliphatic rings. The predicted octanol–water partition coefficient (Wildman–Crippen LogP) is 2.44. The van der Waals surface area contributed by atoms with Gasteiger partial charge in [0.25, 0.3) is 0 Å². The van der Waals surface area contributed by atoms with Crippen LogP contribution in [0.25, 0.3) is 11.0 Å². The van der Waals surface area contributed by atoms with Gasteiger partial charge in [0.2, 0.25) is 0 Å². The molecule has 3 heterocycles. The minimum absolute atomic E-state index is 0.272. The molecule has 1 amide bonds. The van der Waals surface area contributed by atoms with E-state index < -0.39 is 0 Å². The molecule has 6 heteroatoms. The number of hydrogen-bond donors (Lipinski definition) is 1. The van der Waals surface area contributed by atoms with Crippen molar-refractivity contribution in [3.8, 4) is 0 Å². The molecule has 0 aromatic carbocycles. The second kappa shape index (κ2) is 7.00. The molecule has 0 spiro atoms. The van der Waals surface area contributed by atoms with E-state index in [0.717, 1.165) is 38.1 Å². The Balaban J connectivity index is 1.50. The van der Waals surface area contributed by atoms with Crippen LogP contribution in [0.1, 0.15) is 24.3 Å². The van der Waals surface area contributed by atoms with Gasteiger partial charge in [-0.3, -0.25) is 4.90 Å². The monoisotopic (exact) mass is 316 g/mol. The Labute approximate surface area is 136 Å². The first kappa shape index (κ1) is 15.8. The summed E-state index contributed by atoms with van der Waals surface area (Å²) in [4.78, 5) is 22.8. The summed E-state index contributed by atoms with van der Waals surface area (Å²) < 4.78 is 5.19. The number of aromatic nitrogens is 2. The van der Waals surface area contributed by atoms with Gasteiger partial charge in [-0.2, -0.15) is 0 Å². The Hall–Kier alpha value is -2.08. The summed E-state index contributed by atoms with van der Waals surface area (Å²) in [6.07, 6.45) is 5.91. The number of carbonyl (C=O) groups excluding carboxylic acids is 1. The maximum atomic E-state index is 11.4. The van der Waals surface area contributed by atoms with Gasteiger partial charge in [0.15, 0.2) is 0 Å². The molecule has 0 radical (unpaired) electrons. The second-order valence-electron chi connectivity index (χ2n) is 6.27. The van der Waals surface area contributed by atoms with Gasteiger partial charge in [-0.05, 0) is 49.5 Å². The Morgan fingerprint density at radius 2 is 2.22 bits per heavy atom. The Kier molecular flexibility index (Phi) is 4.81. The zero-order chi connectivity index (χ0) is 16.2. The smallest absolute Gasteiger partial charge is 0.409 e. The van der Waals surface area contributed by atoms with Gasteiger partial charge in [0.1, 0.15) is 12.3 Å². The van der Waals surface area contributed by atoms with Crippen molar-refractivity contribution in [3.05, 3.63) is 30.1 Å². The van der Waals surface area contributed by atoms with Crippen LogP contribution in [0.5, 0.6) is 0 Å². The number of fused-ring (bicyclic) bond motifs is 1. The summed E-state index contributed by atoms with van der Waals surface area (Å²) in [5.41, 5.74) is 2.35. The second-order valence-corrected chi connectivity index (χ2v) is 6.27. The summed E-state index contributed by atoms with van der Waals surface area (Å²) in [5.74, 6) is 0.577. The zero-order valence-electron chi connectivity index (χ0n) is 13.8. The van der Waals surface area contributed by atoms with Crippen molar-refractivity contribution in [3.63, 3.8) is 0 Å². The Bertz CT molecular complexity index is 659. The minimum atomic E-state index is -0.272. The predicted molar refractivity (Wildman–Crippen MR) is 89.5 cm³/mol. The van der Waals surface area contributed by atoms with Gasteiger partial charge in [-0.1, -0.05) is 0 Å². The van der Waals surface area contributed by atoms with Crippen molar-refractivity contribution >= 4 is 17.1 Å². The van der Waals surface area contributed by atoms with Gasteiger partial charge >= 0.3 is 6.09 Å². The van der Waals surface area contributed by atoms with Crippen LogP contribution < -0.4 is 0 Å². The summed E-state index contributed by atoms with van der Waals surface area (Å²) >= 11 is 0. The summed E-state index contributed by atoms with van der Waals surface area (Å²) in [6, 6.07) is 4.13. The molecule has 23 heavy (non-hydrogen) atoms. The average Bonchev–Trinajstić information content (AvgIpc) is 2.99. The molecule has 0 saturated carbocycles. The molecule has 0 aliphatic carbocycles. The molecule has 1 fully saturated rings. The van der Waals surface area contributed by atoms with Crippen LogP contribution in [0.2, 0.25) is 0 Å². The third kappa shape index (κ3) is 3.64. The van der Waals surface area contributed by atoms with E-state index in [1.807, 2.05) is 12.3 Å². The lowest BCUT2D eigenvalue weighted by molar-refractivity contribution is 0.0977. The molecule has 0 bridgehead atoms. The topological polar surface area (TPSA) is 61.5 Å². The van der Waals surface area contributed by atoms with E-state index >= 15 is 0 Å². The van der Waals surface area contributed by atoms with Crippen molar-refractivity contribution in [2.24, 2.45) is 0 Å². The fourth-order valence-electron chi connectivity index (χ4n) is 3.17. The van der Waals surface area contributed by atoms with Crippen molar-refractivity contribution in [2.75, 3.05) is 40.3 Å². The third-order valence-electron chi connectivity index (χ3n) is 4.51. The highest BCUT2D eigenvalue weighted by Crippen LogP contribution is 2.32. The number of ether oxygens (including phenoxy) is 1. The van der Waals surface area contributed by atoms with Crippen LogP contribution in [-0.2, 0) is 4.74 Å². The van der Waals surface area contributed by atoms with Gasteiger partial charge in [0.05, 0.1) is 0 Å². The molecule has 1 aliphatic heterocycles. The van der Waals surface area contributed by atoms with Crippen LogP contribution in [0, 0.1) is 0 Å². The highest BCUT2D eigenvalue weighted by atomic mass is 16.6. The van der Waals surface area contributed by atoms with Gasteiger partial charge < -0.3 is 14.6 Å². The number of nitrogens with zero attached hydrogens (tertiary/aromatic N) is 3. The molecule has 2 aromatic heterocycles. The standard InChI is InChI=1S/C17H24N4O2/c1-20(2)17(22)23-11-10-21-8-5-13(6-9-21)15-12-19-16-14(15)4-3-7-18-16/h3-4,7,12-13H,5-6,8-11H2,1-2H3,(H,18,19). The lowest BCUT2D eigenvalue weighted by Crippen LogP contribution is -2.36. The first-order valence-corrected chi connectivity index (χ1v) is 8.13. The maximum Gasteiger partial charge on any atom is 0.409 e. The molecule has 1 saturated heterocycles. The number of likely N-dealkylation sites (tertiary alicyclic amines) is 1. The fourth-order valence-corrected chi connectivity index (χ4v) is 3.17. The van der Waals surface area contributed by atoms with E-state index in [0.29, 0.717) is 12.5 Å². The number of piperidine rings is 1. The van der Waals surface area contributed by atoms with E-state index in [2.05, 4.69) is 27.1 Å². The van der Waals surface area contributed by atoms with Gasteiger partial charge in [-0.25, -0.2) is 9.78 Å². The normalized spacial score (nSPS) is 16.6. The number of amides is 1. The van der Waals surface area contributed by atoms with E-state index in [4.69, 9.17) is 4.74 Å². The summed E-state index contributed by atoms with van der Waals surface area (Å²) in [7, 11) is 3.40. The molecular formula is C17H24N4O2. The first-order chi connectivity index (χ1) is 11.1. The quantitative estimate of drug-likeness (QED) is 0.941. The molecule has 2 aromatic rings. The Morgan fingerprint density at radius 1 is 1.43 bits per heavy atom. The van der Waals surface area contributed by atoms with E-state index in [1.54, 1.807) is 14.1 Å². The van der Waals surface area contributed by atoms with Crippen molar-refractivity contribution in [2.45, 2.75) is 18.8 Å². The number of H-pyrrole nitrogens is 1. The summed E-state index contributed by atoms with van der Waals surface area (Å²) in [6.45, 7) is 3.34. The summed E-state index contributed by atoms with van der Waals surface area (Å²) in [5, 5.41) is 1.24. The molecule has 0 unspecified atom stereocenters. The van der Waals surface area contributed by atoms with Crippen LogP contribution in [-0.4, -0.2) is 66.2 Å². The Morgan fingerprint density at radius 3 is 2.96 bits per heavy atom. The number of nitrogens with one attached hydrogen (secondary N) is 1. The molecule has 6 nitrogen and oxygen atoms in total. The van der Waals surface area contributed by atoms with Crippen molar-refractivity contribution in [1.29, 1.82) is 0 Å². The van der Waals surface area contributed by atoms with E-state index in [1.165, 1.54) is 15.8 Å². The van der Waals surface area contributed by atoms with Gasteiger partial charge in [-0.15, -0.1) is 0 Å². The van der Waals surface area contributed by atoms with E-state index in [9.17, 15) is 4.79 Å². The highest BCUT2D eigenvalue weighted by molar-refractivity contribution is 5.80. The SMILES string of the molecule is CN(C)C(=O)OCCN1CCC(c2c[nH]c3ncccc23)CC1. The number of hydrogen-bond acceptors (Lipinski definition) is 4. The van der Waals surface area contributed by atoms with Crippen LogP contribution >= 0.6 is 0 Å². The van der Waals surface area contributed by atoms with Crippen LogP contribution in [0.3, 0.4) is 0 Å². The van der Waals surface area contributed by atoms with Crippen molar-refractivity contribution in [1.82, 2.24) is 19.8 Å². The highest BCUT2D eigenvalue weighted by Gasteiger charge is 2.23. The number of rotatable bonds is 4. The molecule has 3 rings (SSSR count). The lowest BCUT2D eigenvalue weighted by Gasteiger charge is -2.31. The molecular weight excluding hydrogens is 292 g/mol. The fraction of sp³-hybridized carbons (Fsp3) is 0.529. The molecule has 1 N–H and O–H groups in total. The average molecular weight is 316 g/mol. The third-order valence-corrected chi connectivity index (χ3v) is 4.51. The van der Waals surface area contributed by atoms with Crippen LogP contribution in [0.4, 0.5) is 4.79 Å². The number of carbonyl (C=O) groups is 1. The molecule has 124 valence electrons.